The van der Waals surface area contributed by atoms with Gasteiger partial charge in [0.25, 0.3) is 0 Å². The highest BCUT2D eigenvalue weighted by Crippen LogP contribution is 2.22. The summed E-state index contributed by atoms with van der Waals surface area (Å²) in [4.78, 5) is 28.1. The number of anilines is 1. The molecule has 6 nitrogen and oxygen atoms in total. The van der Waals surface area contributed by atoms with Gasteiger partial charge in [-0.2, -0.15) is 0 Å². The van der Waals surface area contributed by atoms with Crippen molar-refractivity contribution in [2.45, 2.75) is 6.04 Å². The Balaban J connectivity index is 1.60. The monoisotopic (exact) mass is 372 g/mol. The van der Waals surface area contributed by atoms with Gasteiger partial charge >= 0.3 is 6.03 Å². The standard InChI is InChI=1S/C19H21ClN4O2/c20-15-6-8-16(9-7-15)22-19(26)24-12-10-23(11-13-24)17(18(21)25)14-4-2-1-3-5-14/h1-9,17H,10-13H2,(H2,21,25)(H,22,26). The molecule has 0 saturated carbocycles. The van der Waals surface area contributed by atoms with Crippen molar-refractivity contribution >= 4 is 29.2 Å². The van der Waals surface area contributed by atoms with Crippen molar-refractivity contribution in [3.63, 3.8) is 0 Å². The van der Waals surface area contributed by atoms with E-state index in [-0.39, 0.29) is 11.9 Å². The minimum atomic E-state index is -0.474. The van der Waals surface area contributed by atoms with Crippen molar-refractivity contribution in [2.24, 2.45) is 5.73 Å². The molecule has 7 heteroatoms. The van der Waals surface area contributed by atoms with E-state index in [1.807, 2.05) is 35.2 Å². The summed E-state index contributed by atoms with van der Waals surface area (Å²) >= 11 is 5.85. The Bertz CT molecular complexity index is 759. The van der Waals surface area contributed by atoms with Gasteiger partial charge in [0.05, 0.1) is 0 Å². The van der Waals surface area contributed by atoms with Crippen LogP contribution in [-0.2, 0) is 4.79 Å². The molecule has 1 atom stereocenters. The lowest BCUT2D eigenvalue weighted by molar-refractivity contribution is -0.124. The highest BCUT2D eigenvalue weighted by atomic mass is 35.5. The summed E-state index contributed by atoms with van der Waals surface area (Å²) in [6.07, 6.45) is 0. The van der Waals surface area contributed by atoms with Gasteiger partial charge in [0.2, 0.25) is 5.91 Å². The number of carbonyl (C=O) groups excluding carboxylic acids is 2. The zero-order chi connectivity index (χ0) is 18.5. The quantitative estimate of drug-likeness (QED) is 0.866. The van der Waals surface area contributed by atoms with Gasteiger partial charge in [-0.25, -0.2) is 4.79 Å². The summed E-state index contributed by atoms with van der Waals surface area (Å²) in [5, 5.41) is 3.48. The van der Waals surface area contributed by atoms with Crippen molar-refractivity contribution in [3.8, 4) is 0 Å². The topological polar surface area (TPSA) is 78.7 Å². The summed E-state index contributed by atoms with van der Waals surface area (Å²) in [6.45, 7) is 2.21. The Morgan fingerprint density at radius 1 is 0.962 bits per heavy atom. The van der Waals surface area contributed by atoms with Crippen molar-refractivity contribution in [1.82, 2.24) is 9.80 Å². The average Bonchev–Trinajstić information content (AvgIpc) is 2.65. The van der Waals surface area contributed by atoms with Crippen LogP contribution in [0.25, 0.3) is 0 Å². The normalized spacial score (nSPS) is 16.1. The lowest BCUT2D eigenvalue weighted by atomic mass is 10.0. The number of carbonyl (C=O) groups is 2. The van der Waals surface area contributed by atoms with E-state index in [0.29, 0.717) is 36.9 Å². The number of primary amides is 1. The number of nitrogens with zero attached hydrogens (tertiary/aromatic N) is 2. The molecule has 1 aliphatic heterocycles. The van der Waals surface area contributed by atoms with Crippen LogP contribution >= 0.6 is 11.6 Å². The second-order valence-corrected chi connectivity index (χ2v) is 6.61. The van der Waals surface area contributed by atoms with Crippen LogP contribution in [0.1, 0.15) is 11.6 Å². The molecular formula is C19H21ClN4O2. The summed E-state index contributed by atoms with van der Waals surface area (Å²) < 4.78 is 0. The minimum absolute atomic E-state index is 0.165. The number of benzene rings is 2. The SMILES string of the molecule is NC(=O)C(c1ccccc1)N1CCN(C(=O)Nc2ccc(Cl)cc2)CC1. The van der Waals surface area contributed by atoms with Crippen molar-refractivity contribution < 1.29 is 9.59 Å². The lowest BCUT2D eigenvalue weighted by Crippen LogP contribution is -2.52. The molecule has 1 heterocycles. The predicted molar refractivity (Wildman–Crippen MR) is 102 cm³/mol. The van der Waals surface area contributed by atoms with Gasteiger partial charge in [0.1, 0.15) is 6.04 Å². The lowest BCUT2D eigenvalue weighted by Gasteiger charge is -2.38. The van der Waals surface area contributed by atoms with Gasteiger partial charge in [-0.15, -0.1) is 0 Å². The largest absolute Gasteiger partial charge is 0.368 e. The van der Waals surface area contributed by atoms with Crippen LogP contribution in [0.5, 0.6) is 0 Å². The Hall–Kier alpha value is -2.57. The maximum absolute atomic E-state index is 12.4. The van der Waals surface area contributed by atoms with E-state index in [2.05, 4.69) is 5.32 Å². The molecule has 3 rings (SSSR count). The molecule has 2 aromatic rings. The van der Waals surface area contributed by atoms with Crippen LogP contribution in [-0.4, -0.2) is 47.9 Å². The third-order valence-corrected chi connectivity index (χ3v) is 4.70. The third kappa shape index (κ3) is 4.33. The molecule has 136 valence electrons. The first kappa shape index (κ1) is 18.2. The molecule has 2 aromatic carbocycles. The molecule has 0 spiro atoms. The molecule has 0 radical (unpaired) electrons. The first-order valence-electron chi connectivity index (χ1n) is 8.44. The number of urea groups is 1. The summed E-state index contributed by atoms with van der Waals surface area (Å²) in [6, 6.07) is 15.8. The van der Waals surface area contributed by atoms with E-state index in [1.165, 1.54) is 0 Å². The van der Waals surface area contributed by atoms with E-state index in [9.17, 15) is 9.59 Å². The van der Waals surface area contributed by atoms with Crippen molar-refractivity contribution in [2.75, 3.05) is 31.5 Å². The van der Waals surface area contributed by atoms with Gasteiger partial charge in [0, 0.05) is 36.9 Å². The van der Waals surface area contributed by atoms with Crippen molar-refractivity contribution in [3.05, 3.63) is 65.2 Å². The molecule has 3 amide bonds. The number of hydrogen-bond donors (Lipinski definition) is 2. The van der Waals surface area contributed by atoms with E-state index < -0.39 is 6.04 Å². The number of halogens is 1. The molecule has 0 bridgehead atoms. The van der Waals surface area contributed by atoms with Gasteiger partial charge < -0.3 is 16.0 Å². The Morgan fingerprint density at radius 3 is 2.15 bits per heavy atom. The summed E-state index contributed by atoms with van der Waals surface area (Å²) in [7, 11) is 0. The molecular weight excluding hydrogens is 352 g/mol. The fraction of sp³-hybridized carbons (Fsp3) is 0.263. The van der Waals surface area contributed by atoms with E-state index in [0.717, 1.165) is 5.56 Å². The summed E-state index contributed by atoms with van der Waals surface area (Å²) in [5.74, 6) is -0.379. The second kappa shape index (κ2) is 8.21. The maximum atomic E-state index is 12.4. The summed E-state index contributed by atoms with van der Waals surface area (Å²) in [5.41, 5.74) is 7.19. The zero-order valence-corrected chi connectivity index (χ0v) is 15.0. The Kier molecular flexibility index (Phi) is 5.75. The van der Waals surface area contributed by atoms with Crippen LogP contribution in [0.15, 0.2) is 54.6 Å². The fourth-order valence-corrected chi connectivity index (χ4v) is 3.24. The van der Waals surface area contributed by atoms with Gasteiger partial charge in [0.15, 0.2) is 0 Å². The van der Waals surface area contributed by atoms with Crippen molar-refractivity contribution in [1.29, 1.82) is 0 Å². The number of rotatable bonds is 4. The molecule has 1 aliphatic rings. The van der Waals surface area contributed by atoms with Crippen LogP contribution in [0.4, 0.5) is 10.5 Å². The van der Waals surface area contributed by atoms with Gasteiger partial charge in [-0.3, -0.25) is 9.69 Å². The minimum Gasteiger partial charge on any atom is -0.368 e. The number of nitrogens with one attached hydrogen (secondary N) is 1. The fourth-order valence-electron chi connectivity index (χ4n) is 3.11. The first-order valence-corrected chi connectivity index (χ1v) is 8.82. The second-order valence-electron chi connectivity index (χ2n) is 6.18. The van der Waals surface area contributed by atoms with E-state index in [4.69, 9.17) is 17.3 Å². The molecule has 26 heavy (non-hydrogen) atoms. The van der Waals surface area contributed by atoms with Crippen LogP contribution in [0.3, 0.4) is 0 Å². The highest BCUT2D eigenvalue weighted by Gasteiger charge is 2.30. The van der Waals surface area contributed by atoms with Crippen LogP contribution < -0.4 is 11.1 Å². The molecule has 1 unspecified atom stereocenters. The predicted octanol–water partition coefficient (Wildman–Crippen LogP) is 2.72. The number of nitrogens with two attached hydrogens (primary N) is 1. The maximum Gasteiger partial charge on any atom is 0.321 e. The zero-order valence-electron chi connectivity index (χ0n) is 14.3. The molecule has 0 aromatic heterocycles. The van der Waals surface area contributed by atoms with E-state index >= 15 is 0 Å². The number of amides is 3. The molecule has 1 fully saturated rings. The van der Waals surface area contributed by atoms with Crippen LogP contribution in [0.2, 0.25) is 5.02 Å². The molecule has 0 aliphatic carbocycles. The molecule has 1 saturated heterocycles. The molecule has 3 N–H and O–H groups in total. The van der Waals surface area contributed by atoms with E-state index in [1.54, 1.807) is 29.2 Å². The average molecular weight is 373 g/mol. The Morgan fingerprint density at radius 2 is 1.58 bits per heavy atom. The smallest absolute Gasteiger partial charge is 0.321 e. The first-order chi connectivity index (χ1) is 12.5. The van der Waals surface area contributed by atoms with Gasteiger partial charge in [-0.05, 0) is 29.8 Å². The Labute approximate surface area is 157 Å². The van der Waals surface area contributed by atoms with Gasteiger partial charge in [-0.1, -0.05) is 41.9 Å². The number of piperazine rings is 1. The third-order valence-electron chi connectivity index (χ3n) is 4.45. The number of hydrogen-bond acceptors (Lipinski definition) is 3. The highest BCUT2D eigenvalue weighted by molar-refractivity contribution is 6.30. The van der Waals surface area contributed by atoms with Crippen LogP contribution in [0, 0.1) is 0 Å².